The highest BCUT2D eigenvalue weighted by Gasteiger charge is 2.13. The Morgan fingerprint density at radius 1 is 0.950 bits per heavy atom. The molecule has 0 amide bonds. The minimum Gasteiger partial charge on any atom is -0.310 e. The van der Waals surface area contributed by atoms with Crippen molar-refractivity contribution in [1.82, 2.24) is 0 Å². The van der Waals surface area contributed by atoms with Gasteiger partial charge in [0, 0.05) is 11.1 Å². The van der Waals surface area contributed by atoms with Gasteiger partial charge in [-0.05, 0) is 37.5 Å². The molecule has 3 nitrogen and oxygen atoms in total. The van der Waals surface area contributed by atoms with Crippen LogP contribution in [0.4, 0.5) is 0 Å². The van der Waals surface area contributed by atoms with Crippen LogP contribution in [0.15, 0.2) is 42.5 Å². The molecule has 0 aliphatic carbocycles. The maximum absolute atomic E-state index is 12.3. The zero-order valence-electron chi connectivity index (χ0n) is 11.8. The number of hydrogen-bond donors (Lipinski definition) is 1. The SMILES string of the molecule is Cc1ccc(C(=O)c2ccccc2)c(C)c1C.O=PO. The predicted octanol–water partition coefficient (Wildman–Crippen LogP) is 4.03. The van der Waals surface area contributed by atoms with E-state index in [1.165, 1.54) is 11.1 Å². The molecular weight excluding hydrogens is 271 g/mol. The maximum Gasteiger partial charge on any atom is 0.324 e. The van der Waals surface area contributed by atoms with E-state index in [0.29, 0.717) is 0 Å². The summed E-state index contributed by atoms with van der Waals surface area (Å²) in [5, 5.41) is 0. The fourth-order valence-corrected chi connectivity index (χ4v) is 1.95. The highest BCUT2D eigenvalue weighted by Crippen LogP contribution is 2.20. The molecule has 1 N–H and O–H groups in total. The van der Waals surface area contributed by atoms with E-state index in [2.05, 4.69) is 13.8 Å². The average Bonchev–Trinajstić information content (AvgIpc) is 2.46. The summed E-state index contributed by atoms with van der Waals surface area (Å²) in [7, 11) is -0.833. The molecule has 0 aliphatic rings. The van der Waals surface area contributed by atoms with Gasteiger partial charge in [-0.3, -0.25) is 4.79 Å². The number of hydrogen-bond acceptors (Lipinski definition) is 2. The van der Waals surface area contributed by atoms with Gasteiger partial charge in [0.05, 0.1) is 0 Å². The van der Waals surface area contributed by atoms with E-state index in [1.54, 1.807) is 0 Å². The lowest BCUT2D eigenvalue weighted by molar-refractivity contribution is 0.103. The maximum atomic E-state index is 12.3. The zero-order valence-corrected chi connectivity index (χ0v) is 12.6. The molecule has 0 saturated carbocycles. The third kappa shape index (κ3) is 3.83. The molecule has 0 aliphatic heterocycles. The number of benzene rings is 2. The molecular formula is C16H17O3P. The predicted molar refractivity (Wildman–Crippen MR) is 80.4 cm³/mol. The van der Waals surface area contributed by atoms with Crippen LogP contribution in [0.5, 0.6) is 0 Å². The van der Waals surface area contributed by atoms with Crippen LogP contribution in [-0.2, 0) is 4.57 Å². The first-order chi connectivity index (χ1) is 9.52. The van der Waals surface area contributed by atoms with Gasteiger partial charge in [0.1, 0.15) is 0 Å². The number of aryl methyl sites for hydroxylation is 1. The number of ketones is 1. The van der Waals surface area contributed by atoms with Crippen molar-refractivity contribution in [2.45, 2.75) is 20.8 Å². The van der Waals surface area contributed by atoms with E-state index in [-0.39, 0.29) is 5.78 Å². The first-order valence-electron chi connectivity index (χ1n) is 6.16. The molecule has 20 heavy (non-hydrogen) atoms. The Balaban J connectivity index is 0.000000612. The Hall–Kier alpha value is -1.83. The number of rotatable bonds is 2. The first-order valence-corrected chi connectivity index (χ1v) is 6.92. The molecule has 104 valence electrons. The van der Waals surface area contributed by atoms with E-state index in [0.717, 1.165) is 16.7 Å². The van der Waals surface area contributed by atoms with Crippen LogP contribution in [0.2, 0.25) is 0 Å². The summed E-state index contributed by atoms with van der Waals surface area (Å²) in [4.78, 5) is 19.3. The van der Waals surface area contributed by atoms with E-state index in [9.17, 15) is 4.79 Å². The summed E-state index contributed by atoms with van der Waals surface area (Å²) in [5.74, 6) is 0.103. The van der Waals surface area contributed by atoms with Crippen molar-refractivity contribution >= 4 is 14.5 Å². The van der Waals surface area contributed by atoms with E-state index in [4.69, 9.17) is 9.46 Å². The van der Waals surface area contributed by atoms with Gasteiger partial charge < -0.3 is 4.89 Å². The molecule has 0 aromatic heterocycles. The van der Waals surface area contributed by atoms with E-state index in [1.807, 2.05) is 49.4 Å². The Labute approximate surface area is 120 Å². The minimum absolute atomic E-state index is 0.103. The van der Waals surface area contributed by atoms with Crippen molar-refractivity contribution in [3.8, 4) is 0 Å². The summed E-state index contributed by atoms with van der Waals surface area (Å²) >= 11 is 0. The molecule has 0 spiro atoms. The van der Waals surface area contributed by atoms with Crippen molar-refractivity contribution < 1.29 is 14.3 Å². The molecule has 2 aromatic rings. The second kappa shape index (κ2) is 7.68. The van der Waals surface area contributed by atoms with Crippen LogP contribution >= 0.6 is 8.69 Å². The van der Waals surface area contributed by atoms with Gasteiger partial charge in [-0.1, -0.05) is 42.5 Å². The standard InChI is InChI=1S/C16H16O.HO2P/c1-11-9-10-15(13(3)12(11)2)16(17)14-7-5-4-6-8-14;1-3-2/h4-10H,1-3H3;(H,1,2). The number of carbonyl (C=O) groups is 1. The monoisotopic (exact) mass is 288 g/mol. The van der Waals surface area contributed by atoms with Gasteiger partial charge in [0.25, 0.3) is 0 Å². The fourth-order valence-electron chi connectivity index (χ4n) is 1.95. The van der Waals surface area contributed by atoms with Crippen molar-refractivity contribution in [3.05, 3.63) is 70.3 Å². The summed E-state index contributed by atoms with van der Waals surface area (Å²) in [6.07, 6.45) is 0. The lowest BCUT2D eigenvalue weighted by Gasteiger charge is -2.10. The van der Waals surface area contributed by atoms with Gasteiger partial charge >= 0.3 is 8.69 Å². The molecule has 0 atom stereocenters. The van der Waals surface area contributed by atoms with E-state index < -0.39 is 8.69 Å². The Kier molecular flexibility index (Phi) is 6.23. The van der Waals surface area contributed by atoms with Gasteiger partial charge in [-0.2, -0.15) is 0 Å². The summed E-state index contributed by atoms with van der Waals surface area (Å²) in [6, 6.07) is 13.4. The van der Waals surface area contributed by atoms with Gasteiger partial charge in [-0.15, -0.1) is 0 Å². The third-order valence-electron chi connectivity index (χ3n) is 3.34. The van der Waals surface area contributed by atoms with Crippen LogP contribution in [0.3, 0.4) is 0 Å². The lowest BCUT2D eigenvalue weighted by Crippen LogP contribution is -2.05. The largest absolute Gasteiger partial charge is 0.324 e. The highest BCUT2D eigenvalue weighted by molar-refractivity contribution is 7.16. The second-order valence-electron chi connectivity index (χ2n) is 4.46. The molecule has 2 aromatic carbocycles. The van der Waals surface area contributed by atoms with Crippen LogP contribution < -0.4 is 0 Å². The molecule has 0 unspecified atom stereocenters. The summed E-state index contributed by atoms with van der Waals surface area (Å²) in [6.45, 7) is 6.14. The first kappa shape index (κ1) is 16.2. The molecule has 2 rings (SSSR count). The molecule has 0 bridgehead atoms. The molecule has 4 heteroatoms. The third-order valence-corrected chi connectivity index (χ3v) is 3.34. The molecule has 0 radical (unpaired) electrons. The fraction of sp³-hybridized carbons (Fsp3) is 0.188. The van der Waals surface area contributed by atoms with Crippen LogP contribution in [0, 0.1) is 20.8 Å². The van der Waals surface area contributed by atoms with Crippen LogP contribution in [0.25, 0.3) is 0 Å². The second-order valence-corrected chi connectivity index (χ2v) is 4.62. The van der Waals surface area contributed by atoms with Gasteiger partial charge in [0.2, 0.25) is 0 Å². The summed E-state index contributed by atoms with van der Waals surface area (Å²) in [5.41, 5.74) is 5.07. The summed E-state index contributed by atoms with van der Waals surface area (Å²) < 4.78 is 8.46. The average molecular weight is 288 g/mol. The number of carbonyl (C=O) groups excluding carboxylic acids is 1. The van der Waals surface area contributed by atoms with Crippen molar-refractivity contribution in [3.63, 3.8) is 0 Å². The van der Waals surface area contributed by atoms with Crippen LogP contribution in [0.1, 0.15) is 32.6 Å². The quantitative estimate of drug-likeness (QED) is 0.670. The smallest absolute Gasteiger partial charge is 0.310 e. The van der Waals surface area contributed by atoms with Gasteiger partial charge in [0.15, 0.2) is 5.78 Å². The van der Waals surface area contributed by atoms with E-state index >= 15 is 0 Å². The van der Waals surface area contributed by atoms with Gasteiger partial charge in [-0.25, -0.2) is 4.57 Å². The minimum atomic E-state index is -0.833. The Morgan fingerprint density at radius 2 is 1.50 bits per heavy atom. The zero-order chi connectivity index (χ0) is 15.1. The Bertz CT molecular complexity index is 607. The normalized spacial score (nSPS) is 9.80. The molecule has 0 fully saturated rings. The molecule has 0 saturated heterocycles. The highest BCUT2D eigenvalue weighted by atomic mass is 31.1. The lowest BCUT2D eigenvalue weighted by atomic mass is 9.93. The van der Waals surface area contributed by atoms with Crippen LogP contribution in [-0.4, -0.2) is 10.7 Å². The Morgan fingerprint density at radius 3 is 2.05 bits per heavy atom. The van der Waals surface area contributed by atoms with Crippen molar-refractivity contribution in [1.29, 1.82) is 0 Å². The van der Waals surface area contributed by atoms with Crippen molar-refractivity contribution in [2.75, 3.05) is 0 Å². The molecule has 0 heterocycles. The topological polar surface area (TPSA) is 54.4 Å². The van der Waals surface area contributed by atoms with Crippen molar-refractivity contribution in [2.24, 2.45) is 0 Å².